The molecule has 2 aromatic carbocycles. The molecule has 3 heterocycles. The minimum absolute atomic E-state index is 0.352. The highest BCUT2D eigenvalue weighted by Gasteiger charge is 2.36. The molecule has 0 spiro atoms. The zero-order valence-corrected chi connectivity index (χ0v) is 13.9. The Morgan fingerprint density at radius 2 is 2.00 bits per heavy atom. The standard InChI is InChI=1S/C20H15N3O3/c1-2-8-23-13-6-4-3-5-11(13)15-14(23)10-12(20-21-7-9-26-20)16-17(15)19(25)22-18(16)24/h2-6,10H,1,7-9H2,(H,22,24,25). The third-order valence-electron chi connectivity index (χ3n) is 4.87. The molecule has 2 amide bonds. The van der Waals surface area contributed by atoms with Gasteiger partial charge in [0.05, 0.1) is 28.8 Å². The molecule has 2 aliphatic rings. The molecule has 0 radical (unpaired) electrons. The molecular formula is C20H15N3O3. The summed E-state index contributed by atoms with van der Waals surface area (Å²) in [5.41, 5.74) is 3.18. The molecule has 6 nitrogen and oxygen atoms in total. The van der Waals surface area contributed by atoms with Crippen molar-refractivity contribution in [2.75, 3.05) is 13.2 Å². The lowest BCUT2D eigenvalue weighted by molar-refractivity contribution is 0.0880. The summed E-state index contributed by atoms with van der Waals surface area (Å²) in [7, 11) is 0. The van der Waals surface area contributed by atoms with Gasteiger partial charge in [0.25, 0.3) is 11.8 Å². The van der Waals surface area contributed by atoms with E-state index in [0.717, 1.165) is 21.8 Å². The third-order valence-corrected chi connectivity index (χ3v) is 4.87. The molecule has 6 heteroatoms. The summed E-state index contributed by atoms with van der Waals surface area (Å²) in [6.45, 7) is 5.46. The number of aromatic nitrogens is 1. The van der Waals surface area contributed by atoms with Gasteiger partial charge >= 0.3 is 0 Å². The Labute approximate surface area is 148 Å². The highest BCUT2D eigenvalue weighted by molar-refractivity contribution is 6.33. The van der Waals surface area contributed by atoms with Gasteiger partial charge in [-0.1, -0.05) is 24.3 Å². The van der Waals surface area contributed by atoms with Crippen LogP contribution >= 0.6 is 0 Å². The fourth-order valence-electron chi connectivity index (χ4n) is 3.89. The van der Waals surface area contributed by atoms with Crippen molar-refractivity contribution >= 4 is 39.5 Å². The van der Waals surface area contributed by atoms with Crippen molar-refractivity contribution in [3.63, 3.8) is 0 Å². The third kappa shape index (κ3) is 1.84. The molecular weight excluding hydrogens is 330 g/mol. The molecule has 0 unspecified atom stereocenters. The molecule has 2 aliphatic heterocycles. The van der Waals surface area contributed by atoms with E-state index in [9.17, 15) is 9.59 Å². The van der Waals surface area contributed by atoms with Crippen LogP contribution in [0.25, 0.3) is 21.8 Å². The highest BCUT2D eigenvalue weighted by Crippen LogP contribution is 2.37. The van der Waals surface area contributed by atoms with Crippen molar-refractivity contribution in [3.8, 4) is 0 Å². The summed E-state index contributed by atoms with van der Waals surface area (Å²) < 4.78 is 7.69. The molecule has 0 bridgehead atoms. The number of allylic oxidation sites excluding steroid dienone is 1. The SMILES string of the molecule is C=CCn1c2ccccc2c2c3c(c(C4=NCCO4)cc21)C(=O)NC3=O. The number of fused-ring (bicyclic) bond motifs is 5. The first-order valence-electron chi connectivity index (χ1n) is 8.43. The number of hydrogen-bond donors (Lipinski definition) is 1. The summed E-state index contributed by atoms with van der Waals surface area (Å²) in [6.07, 6.45) is 1.81. The summed E-state index contributed by atoms with van der Waals surface area (Å²) in [4.78, 5) is 29.5. The van der Waals surface area contributed by atoms with Crippen LogP contribution in [0.15, 0.2) is 48.0 Å². The van der Waals surface area contributed by atoms with E-state index in [1.165, 1.54) is 0 Å². The summed E-state index contributed by atoms with van der Waals surface area (Å²) >= 11 is 0. The van der Waals surface area contributed by atoms with Crippen LogP contribution in [-0.2, 0) is 11.3 Å². The molecule has 1 aromatic heterocycles. The van der Waals surface area contributed by atoms with Crippen molar-refractivity contribution in [2.24, 2.45) is 4.99 Å². The smallest absolute Gasteiger partial charge is 0.259 e. The topological polar surface area (TPSA) is 72.7 Å². The molecule has 5 rings (SSSR count). The monoisotopic (exact) mass is 345 g/mol. The van der Waals surface area contributed by atoms with E-state index in [1.807, 2.05) is 36.4 Å². The van der Waals surface area contributed by atoms with E-state index < -0.39 is 5.91 Å². The first kappa shape index (κ1) is 14.9. The average Bonchev–Trinajstić information content (AvgIpc) is 3.34. The predicted molar refractivity (Wildman–Crippen MR) is 98.8 cm³/mol. The van der Waals surface area contributed by atoms with Gasteiger partial charge in [-0.05, 0) is 12.1 Å². The summed E-state index contributed by atoms with van der Waals surface area (Å²) in [6, 6.07) is 9.76. The lowest BCUT2D eigenvalue weighted by Gasteiger charge is -2.09. The van der Waals surface area contributed by atoms with Crippen molar-refractivity contribution in [3.05, 3.63) is 59.7 Å². The fraction of sp³-hybridized carbons (Fsp3) is 0.150. The first-order chi connectivity index (χ1) is 12.7. The van der Waals surface area contributed by atoms with Crippen molar-refractivity contribution < 1.29 is 14.3 Å². The van der Waals surface area contributed by atoms with Gasteiger partial charge in [-0.3, -0.25) is 14.9 Å². The first-order valence-corrected chi connectivity index (χ1v) is 8.43. The molecule has 26 heavy (non-hydrogen) atoms. The molecule has 0 saturated heterocycles. The van der Waals surface area contributed by atoms with Crippen molar-refractivity contribution in [1.82, 2.24) is 9.88 Å². The zero-order chi connectivity index (χ0) is 17.8. The van der Waals surface area contributed by atoms with Crippen LogP contribution in [-0.4, -0.2) is 35.4 Å². The zero-order valence-electron chi connectivity index (χ0n) is 13.9. The van der Waals surface area contributed by atoms with Gasteiger partial charge in [0.15, 0.2) is 0 Å². The largest absolute Gasteiger partial charge is 0.475 e. The number of nitrogens with zero attached hydrogens (tertiary/aromatic N) is 2. The number of rotatable bonds is 3. The number of para-hydroxylation sites is 1. The number of hydrogen-bond acceptors (Lipinski definition) is 4. The Hall–Kier alpha value is -3.41. The van der Waals surface area contributed by atoms with Crippen LogP contribution in [0.2, 0.25) is 0 Å². The second kappa shape index (κ2) is 5.29. The maximum Gasteiger partial charge on any atom is 0.259 e. The van der Waals surface area contributed by atoms with E-state index in [-0.39, 0.29) is 5.91 Å². The van der Waals surface area contributed by atoms with Gasteiger partial charge in [-0.25, -0.2) is 4.99 Å². The Balaban J connectivity index is 2.00. The molecule has 1 N–H and O–H groups in total. The number of carbonyl (C=O) groups is 2. The number of benzene rings is 2. The number of aliphatic imine (C=N–C) groups is 1. The van der Waals surface area contributed by atoms with Crippen LogP contribution in [0, 0.1) is 0 Å². The van der Waals surface area contributed by atoms with Gasteiger partial charge in [0.1, 0.15) is 6.61 Å². The van der Waals surface area contributed by atoms with Crippen LogP contribution < -0.4 is 5.32 Å². The molecule has 0 atom stereocenters. The molecule has 0 aliphatic carbocycles. The number of ether oxygens (including phenoxy) is 1. The van der Waals surface area contributed by atoms with Gasteiger partial charge in [0.2, 0.25) is 5.90 Å². The van der Waals surface area contributed by atoms with Crippen LogP contribution in [0.4, 0.5) is 0 Å². The average molecular weight is 345 g/mol. The maximum absolute atomic E-state index is 12.6. The van der Waals surface area contributed by atoms with Crippen molar-refractivity contribution in [2.45, 2.75) is 6.54 Å². The lowest BCUT2D eigenvalue weighted by Crippen LogP contribution is -2.20. The minimum atomic E-state index is -0.402. The Kier molecular flexibility index (Phi) is 3.03. The molecule has 0 fully saturated rings. The lowest BCUT2D eigenvalue weighted by atomic mass is 9.97. The number of carbonyl (C=O) groups excluding carboxylic acids is 2. The fourth-order valence-corrected chi connectivity index (χ4v) is 3.89. The Bertz CT molecular complexity index is 1170. The summed E-state index contributed by atoms with van der Waals surface area (Å²) in [5, 5.41) is 4.14. The van der Waals surface area contributed by atoms with Crippen LogP contribution in [0.5, 0.6) is 0 Å². The number of nitrogens with one attached hydrogen (secondary N) is 1. The van der Waals surface area contributed by atoms with E-state index in [4.69, 9.17) is 4.74 Å². The van der Waals surface area contributed by atoms with E-state index in [0.29, 0.717) is 42.3 Å². The minimum Gasteiger partial charge on any atom is -0.475 e. The van der Waals surface area contributed by atoms with Crippen molar-refractivity contribution in [1.29, 1.82) is 0 Å². The van der Waals surface area contributed by atoms with Gasteiger partial charge < -0.3 is 9.30 Å². The normalized spacial score (nSPS) is 15.9. The second-order valence-electron chi connectivity index (χ2n) is 6.30. The molecule has 0 saturated carbocycles. The van der Waals surface area contributed by atoms with E-state index >= 15 is 0 Å². The molecule has 128 valence electrons. The quantitative estimate of drug-likeness (QED) is 0.586. The van der Waals surface area contributed by atoms with Gasteiger partial charge in [-0.2, -0.15) is 0 Å². The summed E-state index contributed by atoms with van der Waals surface area (Å²) in [5.74, 6) is -0.360. The Morgan fingerprint density at radius 3 is 2.77 bits per heavy atom. The van der Waals surface area contributed by atoms with Gasteiger partial charge in [-0.15, -0.1) is 6.58 Å². The predicted octanol–water partition coefficient (Wildman–Crippen LogP) is 2.64. The van der Waals surface area contributed by atoms with E-state index in [1.54, 1.807) is 0 Å². The van der Waals surface area contributed by atoms with Crippen LogP contribution in [0.1, 0.15) is 26.3 Å². The Morgan fingerprint density at radius 1 is 1.19 bits per heavy atom. The second-order valence-corrected chi connectivity index (χ2v) is 6.30. The van der Waals surface area contributed by atoms with Gasteiger partial charge in [0, 0.05) is 22.8 Å². The maximum atomic E-state index is 12.6. The molecule has 3 aromatic rings. The highest BCUT2D eigenvalue weighted by atomic mass is 16.5. The van der Waals surface area contributed by atoms with E-state index in [2.05, 4.69) is 21.5 Å². The number of imide groups is 1. The number of amides is 2. The van der Waals surface area contributed by atoms with Crippen LogP contribution in [0.3, 0.4) is 0 Å².